The van der Waals surface area contributed by atoms with E-state index in [2.05, 4.69) is 17.2 Å². The summed E-state index contributed by atoms with van der Waals surface area (Å²) in [4.78, 5) is 4.35. The molecule has 0 unspecified atom stereocenters. The molecule has 19 heavy (non-hydrogen) atoms. The number of anilines is 1. The first-order valence-corrected chi connectivity index (χ1v) is 6.53. The molecule has 0 aliphatic carbocycles. The van der Waals surface area contributed by atoms with E-state index in [1.807, 2.05) is 6.07 Å². The smallest absolute Gasteiger partial charge is 0.148 e. The van der Waals surface area contributed by atoms with Gasteiger partial charge in [-0.15, -0.1) is 0 Å². The Morgan fingerprint density at radius 3 is 2.63 bits per heavy atom. The van der Waals surface area contributed by atoms with Crippen molar-refractivity contribution in [3.63, 3.8) is 0 Å². The second-order valence-corrected chi connectivity index (χ2v) is 4.48. The Kier molecular flexibility index (Phi) is 4.32. The average molecular weight is 281 g/mol. The molecular formula is C14H17ClN2O2. The molecule has 2 aromatic rings. The first kappa shape index (κ1) is 13.7. The van der Waals surface area contributed by atoms with Crippen molar-refractivity contribution in [2.45, 2.75) is 13.3 Å². The summed E-state index contributed by atoms with van der Waals surface area (Å²) < 4.78 is 10.6. The van der Waals surface area contributed by atoms with Crippen LogP contribution in [0.5, 0.6) is 11.5 Å². The zero-order chi connectivity index (χ0) is 13.8. The number of rotatable bonds is 5. The van der Waals surface area contributed by atoms with Crippen molar-refractivity contribution < 1.29 is 9.47 Å². The van der Waals surface area contributed by atoms with Crippen LogP contribution >= 0.6 is 11.6 Å². The van der Waals surface area contributed by atoms with E-state index in [1.165, 1.54) is 0 Å². The van der Waals surface area contributed by atoms with E-state index in [4.69, 9.17) is 21.1 Å². The highest BCUT2D eigenvalue weighted by Gasteiger charge is 2.15. The number of nitrogens with zero attached hydrogens (tertiary/aromatic N) is 1. The number of hydrogen-bond donors (Lipinski definition) is 1. The summed E-state index contributed by atoms with van der Waals surface area (Å²) in [7, 11) is 3.19. The monoisotopic (exact) mass is 280 g/mol. The van der Waals surface area contributed by atoms with Crippen LogP contribution < -0.4 is 14.8 Å². The van der Waals surface area contributed by atoms with Gasteiger partial charge in [0.1, 0.15) is 17.0 Å². The normalized spacial score (nSPS) is 10.5. The summed E-state index contributed by atoms with van der Waals surface area (Å²) in [6.45, 7) is 2.98. The van der Waals surface area contributed by atoms with Crippen LogP contribution in [-0.4, -0.2) is 25.7 Å². The topological polar surface area (TPSA) is 43.4 Å². The van der Waals surface area contributed by atoms with E-state index in [1.54, 1.807) is 26.5 Å². The Balaban J connectivity index is 2.70. The predicted octanol–water partition coefficient (Wildman–Crippen LogP) is 3.73. The van der Waals surface area contributed by atoms with Crippen LogP contribution in [0.3, 0.4) is 0 Å². The molecule has 0 bridgehead atoms. The molecule has 1 heterocycles. The number of fused-ring (bicyclic) bond motifs is 1. The molecule has 4 nitrogen and oxygen atoms in total. The van der Waals surface area contributed by atoms with Gasteiger partial charge >= 0.3 is 0 Å². The van der Waals surface area contributed by atoms with Gasteiger partial charge in [0.05, 0.1) is 19.2 Å². The number of aromatic nitrogens is 1. The third-order valence-corrected chi connectivity index (χ3v) is 3.26. The van der Waals surface area contributed by atoms with Gasteiger partial charge in [-0.2, -0.15) is 0 Å². The third-order valence-electron chi connectivity index (χ3n) is 2.89. The highest BCUT2D eigenvalue weighted by atomic mass is 35.5. The predicted molar refractivity (Wildman–Crippen MR) is 78.6 cm³/mol. The molecular weight excluding hydrogens is 264 g/mol. The van der Waals surface area contributed by atoms with Crippen molar-refractivity contribution in [3.8, 4) is 11.5 Å². The molecule has 0 saturated carbocycles. The summed E-state index contributed by atoms with van der Waals surface area (Å²) in [6.07, 6.45) is 2.77. The molecule has 2 rings (SSSR count). The van der Waals surface area contributed by atoms with E-state index in [0.29, 0.717) is 16.5 Å². The van der Waals surface area contributed by atoms with E-state index in [0.717, 1.165) is 29.6 Å². The summed E-state index contributed by atoms with van der Waals surface area (Å²) in [5.41, 5.74) is 1.67. The molecule has 0 atom stereocenters. The zero-order valence-electron chi connectivity index (χ0n) is 11.3. The Morgan fingerprint density at radius 1 is 1.26 bits per heavy atom. The first-order chi connectivity index (χ1) is 9.22. The average Bonchev–Trinajstić information content (AvgIpc) is 2.45. The van der Waals surface area contributed by atoms with Gasteiger partial charge in [0.2, 0.25) is 0 Å². The number of halogens is 1. The van der Waals surface area contributed by atoms with Gasteiger partial charge in [-0.3, -0.25) is 4.98 Å². The summed E-state index contributed by atoms with van der Waals surface area (Å²) in [6, 6.07) is 3.66. The molecule has 0 fully saturated rings. The van der Waals surface area contributed by atoms with Crippen LogP contribution in [0, 0.1) is 0 Å². The minimum absolute atomic E-state index is 0.546. The fraction of sp³-hybridized carbons (Fsp3) is 0.357. The van der Waals surface area contributed by atoms with Crippen LogP contribution in [0.25, 0.3) is 10.9 Å². The Labute approximate surface area is 117 Å². The molecule has 1 aromatic heterocycles. The summed E-state index contributed by atoms with van der Waals surface area (Å²) in [5, 5.41) is 4.72. The van der Waals surface area contributed by atoms with Crippen molar-refractivity contribution in [1.29, 1.82) is 0 Å². The van der Waals surface area contributed by atoms with Crippen molar-refractivity contribution >= 4 is 28.2 Å². The maximum absolute atomic E-state index is 6.39. The molecule has 0 aliphatic heterocycles. The molecule has 0 amide bonds. The Hall–Kier alpha value is -1.68. The molecule has 5 heteroatoms. The van der Waals surface area contributed by atoms with Gasteiger partial charge in [0.15, 0.2) is 0 Å². The van der Waals surface area contributed by atoms with E-state index in [-0.39, 0.29) is 0 Å². The van der Waals surface area contributed by atoms with E-state index < -0.39 is 0 Å². The standard InChI is InChI=1S/C14H17ClN2O2/c1-4-6-16-9-5-7-17-14-11(19-3)8-10(18-2)13(15)12(9)14/h5,7-8H,4,6H2,1-3H3,(H,16,17). The van der Waals surface area contributed by atoms with Crippen molar-refractivity contribution in [3.05, 3.63) is 23.4 Å². The van der Waals surface area contributed by atoms with Crippen molar-refractivity contribution in [1.82, 2.24) is 4.98 Å². The maximum atomic E-state index is 6.39. The fourth-order valence-corrected chi connectivity index (χ4v) is 2.28. The van der Waals surface area contributed by atoms with Crippen LogP contribution in [0.4, 0.5) is 5.69 Å². The Morgan fingerprint density at radius 2 is 2.00 bits per heavy atom. The molecule has 0 saturated heterocycles. The zero-order valence-corrected chi connectivity index (χ0v) is 12.0. The van der Waals surface area contributed by atoms with E-state index >= 15 is 0 Å². The highest BCUT2D eigenvalue weighted by Crippen LogP contribution is 2.41. The van der Waals surface area contributed by atoms with Gasteiger partial charge in [0, 0.05) is 29.9 Å². The minimum atomic E-state index is 0.546. The van der Waals surface area contributed by atoms with Gasteiger partial charge in [-0.1, -0.05) is 18.5 Å². The number of pyridine rings is 1. The largest absolute Gasteiger partial charge is 0.495 e. The van der Waals surface area contributed by atoms with Crippen LogP contribution in [0.15, 0.2) is 18.3 Å². The number of nitrogens with one attached hydrogen (secondary N) is 1. The SMILES string of the molecule is CCCNc1ccnc2c(OC)cc(OC)c(Cl)c12. The lowest BCUT2D eigenvalue weighted by Crippen LogP contribution is -2.02. The molecule has 1 aromatic carbocycles. The van der Waals surface area contributed by atoms with Crippen LogP contribution in [0.2, 0.25) is 5.02 Å². The molecule has 0 spiro atoms. The van der Waals surface area contributed by atoms with E-state index in [9.17, 15) is 0 Å². The lowest BCUT2D eigenvalue weighted by atomic mass is 10.1. The number of benzene rings is 1. The molecule has 1 N–H and O–H groups in total. The summed E-state index contributed by atoms with van der Waals surface area (Å²) >= 11 is 6.39. The van der Waals surface area contributed by atoms with Gasteiger partial charge in [-0.25, -0.2) is 0 Å². The van der Waals surface area contributed by atoms with Crippen molar-refractivity contribution in [2.24, 2.45) is 0 Å². The maximum Gasteiger partial charge on any atom is 0.148 e. The quantitative estimate of drug-likeness (QED) is 0.906. The van der Waals surface area contributed by atoms with Crippen LogP contribution in [0.1, 0.15) is 13.3 Å². The molecule has 0 radical (unpaired) electrons. The Bertz CT molecular complexity index is 587. The second kappa shape index (κ2) is 5.97. The fourth-order valence-electron chi connectivity index (χ4n) is 1.96. The van der Waals surface area contributed by atoms with Gasteiger partial charge < -0.3 is 14.8 Å². The first-order valence-electron chi connectivity index (χ1n) is 6.16. The number of hydrogen-bond acceptors (Lipinski definition) is 4. The minimum Gasteiger partial charge on any atom is -0.495 e. The second-order valence-electron chi connectivity index (χ2n) is 4.10. The lowest BCUT2D eigenvalue weighted by molar-refractivity contribution is 0.397. The number of ether oxygens (including phenoxy) is 2. The van der Waals surface area contributed by atoms with Crippen molar-refractivity contribution in [2.75, 3.05) is 26.1 Å². The number of methoxy groups -OCH3 is 2. The lowest BCUT2D eigenvalue weighted by Gasteiger charge is -2.14. The van der Waals surface area contributed by atoms with Gasteiger partial charge in [-0.05, 0) is 12.5 Å². The highest BCUT2D eigenvalue weighted by molar-refractivity contribution is 6.38. The summed E-state index contributed by atoms with van der Waals surface area (Å²) in [5.74, 6) is 1.23. The molecule has 102 valence electrons. The third kappa shape index (κ3) is 2.54. The van der Waals surface area contributed by atoms with Gasteiger partial charge in [0.25, 0.3) is 0 Å². The molecule has 0 aliphatic rings. The van der Waals surface area contributed by atoms with Crippen LogP contribution in [-0.2, 0) is 0 Å².